The van der Waals surface area contributed by atoms with E-state index in [2.05, 4.69) is 5.32 Å². The van der Waals surface area contributed by atoms with Crippen molar-refractivity contribution in [2.45, 2.75) is 45.6 Å². The molecule has 6 heteroatoms. The summed E-state index contributed by atoms with van der Waals surface area (Å²) in [6.07, 6.45) is 3.40. The van der Waals surface area contributed by atoms with Gasteiger partial charge in [0, 0.05) is 37.3 Å². The molecule has 1 N–H and O–H groups in total. The van der Waals surface area contributed by atoms with Crippen LogP contribution in [0.3, 0.4) is 0 Å². The molecule has 2 aromatic rings. The van der Waals surface area contributed by atoms with Gasteiger partial charge in [0.05, 0.1) is 0 Å². The minimum absolute atomic E-state index is 0.00753. The van der Waals surface area contributed by atoms with Gasteiger partial charge < -0.3 is 15.1 Å². The lowest BCUT2D eigenvalue weighted by molar-refractivity contribution is -0.134. The van der Waals surface area contributed by atoms with E-state index in [1.165, 1.54) is 0 Å². The molecular formula is C27H33N3O3. The number of carbonyl (C=O) groups excluding carboxylic acids is 3. The second-order valence-electron chi connectivity index (χ2n) is 9.29. The molecule has 0 radical (unpaired) electrons. The average molecular weight is 448 g/mol. The molecule has 3 amide bonds. The first-order chi connectivity index (χ1) is 15.9. The zero-order valence-corrected chi connectivity index (χ0v) is 19.5. The number of likely N-dealkylation sites (tertiary alicyclic amines) is 2. The van der Waals surface area contributed by atoms with Gasteiger partial charge in [-0.25, -0.2) is 0 Å². The zero-order valence-electron chi connectivity index (χ0n) is 19.5. The molecule has 1 atom stereocenters. The number of aryl methyl sites for hydroxylation is 2. The van der Waals surface area contributed by atoms with Gasteiger partial charge in [-0.1, -0.05) is 35.9 Å². The number of carbonyl (C=O) groups is 3. The van der Waals surface area contributed by atoms with Crippen LogP contribution in [0.1, 0.15) is 57.5 Å². The maximum atomic E-state index is 13.4. The summed E-state index contributed by atoms with van der Waals surface area (Å²) in [5.74, 6) is -0.158. The highest BCUT2D eigenvalue weighted by atomic mass is 16.2. The van der Waals surface area contributed by atoms with Crippen molar-refractivity contribution in [1.29, 1.82) is 0 Å². The number of hydrogen-bond acceptors (Lipinski definition) is 3. The molecule has 2 aromatic carbocycles. The van der Waals surface area contributed by atoms with Crippen LogP contribution >= 0.6 is 0 Å². The van der Waals surface area contributed by atoms with Crippen LogP contribution in [0, 0.1) is 19.8 Å². The highest BCUT2D eigenvalue weighted by Crippen LogP contribution is 2.25. The molecule has 6 nitrogen and oxygen atoms in total. The predicted octanol–water partition coefficient (Wildman–Crippen LogP) is 3.58. The van der Waals surface area contributed by atoms with Crippen LogP contribution in [0.15, 0.2) is 48.5 Å². The lowest BCUT2D eigenvalue weighted by Crippen LogP contribution is -2.54. The van der Waals surface area contributed by atoms with Crippen molar-refractivity contribution in [2.24, 2.45) is 5.92 Å². The molecule has 0 unspecified atom stereocenters. The molecule has 0 saturated carbocycles. The number of hydrogen-bond donors (Lipinski definition) is 1. The molecule has 2 heterocycles. The topological polar surface area (TPSA) is 69.7 Å². The van der Waals surface area contributed by atoms with E-state index >= 15 is 0 Å². The first-order valence-corrected chi connectivity index (χ1v) is 12.0. The van der Waals surface area contributed by atoms with E-state index < -0.39 is 6.04 Å². The summed E-state index contributed by atoms with van der Waals surface area (Å²) in [6, 6.07) is 14.5. The van der Waals surface area contributed by atoms with Gasteiger partial charge in [0.15, 0.2) is 0 Å². The highest BCUT2D eigenvalue weighted by molar-refractivity contribution is 5.99. The zero-order chi connectivity index (χ0) is 23.4. The third-order valence-corrected chi connectivity index (χ3v) is 6.96. The van der Waals surface area contributed by atoms with E-state index in [0.717, 1.165) is 37.1 Å². The van der Waals surface area contributed by atoms with Gasteiger partial charge in [0.2, 0.25) is 5.91 Å². The Morgan fingerprint density at radius 1 is 0.848 bits per heavy atom. The van der Waals surface area contributed by atoms with Gasteiger partial charge in [-0.05, 0) is 69.2 Å². The fourth-order valence-corrected chi connectivity index (χ4v) is 4.88. The Labute approximate surface area is 196 Å². The van der Waals surface area contributed by atoms with Crippen molar-refractivity contribution >= 4 is 17.7 Å². The van der Waals surface area contributed by atoms with Crippen LogP contribution in [-0.4, -0.2) is 59.7 Å². The summed E-state index contributed by atoms with van der Waals surface area (Å²) in [5.41, 5.74) is 3.30. The third kappa shape index (κ3) is 5.27. The molecule has 0 spiro atoms. The van der Waals surface area contributed by atoms with Crippen LogP contribution in [0.25, 0.3) is 0 Å². The highest BCUT2D eigenvalue weighted by Gasteiger charge is 2.37. The van der Waals surface area contributed by atoms with Crippen LogP contribution in [0.5, 0.6) is 0 Å². The van der Waals surface area contributed by atoms with Gasteiger partial charge in [-0.15, -0.1) is 0 Å². The van der Waals surface area contributed by atoms with Crippen molar-refractivity contribution in [2.75, 3.05) is 26.2 Å². The van der Waals surface area contributed by atoms with E-state index in [0.29, 0.717) is 37.1 Å². The summed E-state index contributed by atoms with van der Waals surface area (Å²) in [7, 11) is 0. The smallest absolute Gasteiger partial charge is 0.253 e. The minimum Gasteiger partial charge on any atom is -0.341 e. The molecule has 2 fully saturated rings. The third-order valence-electron chi connectivity index (χ3n) is 6.96. The molecule has 0 bridgehead atoms. The number of nitrogens with zero attached hydrogens (tertiary/aromatic N) is 2. The number of amides is 3. The molecule has 4 rings (SSSR count). The quantitative estimate of drug-likeness (QED) is 0.762. The Bertz CT molecular complexity index is 1000. The van der Waals surface area contributed by atoms with Crippen molar-refractivity contribution < 1.29 is 14.4 Å². The van der Waals surface area contributed by atoms with Crippen molar-refractivity contribution in [3.8, 4) is 0 Å². The van der Waals surface area contributed by atoms with Crippen LogP contribution < -0.4 is 5.32 Å². The van der Waals surface area contributed by atoms with Gasteiger partial charge >= 0.3 is 0 Å². The van der Waals surface area contributed by atoms with Crippen molar-refractivity contribution in [3.63, 3.8) is 0 Å². The number of nitrogens with one attached hydrogen (secondary N) is 1. The fourth-order valence-electron chi connectivity index (χ4n) is 4.88. The van der Waals surface area contributed by atoms with Crippen LogP contribution in [-0.2, 0) is 4.79 Å². The molecule has 0 aromatic heterocycles. The maximum Gasteiger partial charge on any atom is 0.253 e. The molecular weight excluding hydrogens is 414 g/mol. The maximum absolute atomic E-state index is 13.4. The molecule has 2 aliphatic rings. The van der Waals surface area contributed by atoms with Gasteiger partial charge in [-0.3, -0.25) is 14.4 Å². The first-order valence-electron chi connectivity index (χ1n) is 12.0. The van der Waals surface area contributed by atoms with Gasteiger partial charge in [-0.2, -0.15) is 0 Å². The van der Waals surface area contributed by atoms with E-state index in [9.17, 15) is 14.4 Å². The summed E-state index contributed by atoms with van der Waals surface area (Å²) in [6.45, 7) is 6.58. The van der Waals surface area contributed by atoms with E-state index in [4.69, 9.17) is 0 Å². The summed E-state index contributed by atoms with van der Waals surface area (Å²) in [5, 5.41) is 3.07. The fraction of sp³-hybridized carbons (Fsp3) is 0.444. The Hall–Kier alpha value is -3.15. The van der Waals surface area contributed by atoms with E-state index in [-0.39, 0.29) is 23.6 Å². The summed E-state index contributed by atoms with van der Waals surface area (Å²) < 4.78 is 0. The predicted molar refractivity (Wildman–Crippen MR) is 128 cm³/mol. The normalized spacial score (nSPS) is 17.6. The second kappa shape index (κ2) is 10.2. The Morgan fingerprint density at radius 3 is 2.12 bits per heavy atom. The molecule has 174 valence electrons. The van der Waals surface area contributed by atoms with Crippen LogP contribution in [0.2, 0.25) is 0 Å². The Balaban J connectivity index is 1.46. The lowest BCUT2D eigenvalue weighted by atomic mass is 9.87. The van der Waals surface area contributed by atoms with Crippen molar-refractivity contribution in [1.82, 2.24) is 15.1 Å². The molecule has 0 aliphatic carbocycles. The molecule has 33 heavy (non-hydrogen) atoms. The molecule has 2 saturated heterocycles. The first kappa shape index (κ1) is 23.0. The lowest BCUT2D eigenvalue weighted by Gasteiger charge is -2.37. The van der Waals surface area contributed by atoms with Gasteiger partial charge in [0.1, 0.15) is 6.04 Å². The van der Waals surface area contributed by atoms with E-state index in [1.807, 2.05) is 66.1 Å². The van der Waals surface area contributed by atoms with E-state index in [1.54, 1.807) is 6.07 Å². The van der Waals surface area contributed by atoms with Gasteiger partial charge in [0.25, 0.3) is 11.8 Å². The Morgan fingerprint density at radius 2 is 1.48 bits per heavy atom. The number of rotatable bonds is 5. The van der Waals surface area contributed by atoms with Crippen molar-refractivity contribution in [3.05, 3.63) is 70.8 Å². The summed E-state index contributed by atoms with van der Waals surface area (Å²) >= 11 is 0. The Kier molecular flexibility index (Phi) is 7.11. The average Bonchev–Trinajstić information content (AvgIpc) is 3.38. The minimum atomic E-state index is -0.563. The standard InChI is InChI=1S/C27H33N3O3/c1-19-9-11-22(12-10-19)26(32)30-17-13-21(14-18-30)24(27(33)29-15-5-6-16-29)28-25(31)23-8-4-3-7-20(23)2/h3-4,7-12,21,24H,5-6,13-18H2,1-2H3,(H,28,31)/t24-/m1/s1. The molecule has 2 aliphatic heterocycles. The second-order valence-corrected chi connectivity index (χ2v) is 9.29. The monoisotopic (exact) mass is 447 g/mol. The van der Waals surface area contributed by atoms with Crippen LogP contribution in [0.4, 0.5) is 0 Å². The number of benzene rings is 2. The summed E-state index contributed by atoms with van der Waals surface area (Å²) in [4.78, 5) is 43.1. The largest absolute Gasteiger partial charge is 0.341 e. The SMILES string of the molecule is Cc1ccc(C(=O)N2CCC([C@@H](NC(=O)c3ccccc3C)C(=O)N3CCCC3)CC2)cc1. The number of piperidine rings is 1.